The van der Waals surface area contributed by atoms with Gasteiger partial charge in [0.15, 0.2) is 0 Å². The fraction of sp³-hybridized carbons (Fsp3) is 0.115. The van der Waals surface area contributed by atoms with E-state index in [2.05, 4.69) is 20.3 Å². The van der Waals surface area contributed by atoms with Gasteiger partial charge in [-0.2, -0.15) is 0 Å². The molecule has 6 aromatic rings. The molecule has 35 heavy (non-hydrogen) atoms. The molecule has 1 amide bonds. The Kier molecular flexibility index (Phi) is 4.95. The standard InChI is InChI=1S/C26H19FN6O2/c27-15-4-5-16-17(11-15)19-13-31-23(34)12-18(19)25-24(16)32-20-6-3-14(10-21(20)33-25)26(35)30-7-1-2-22-28-8-9-29-22/h3-6,8-13H,1-2,7H2,(H,28,29)(H,30,35)(H,31,34). The highest BCUT2D eigenvalue weighted by Crippen LogP contribution is 2.33. The van der Waals surface area contributed by atoms with Crippen LogP contribution in [-0.2, 0) is 6.42 Å². The maximum Gasteiger partial charge on any atom is 0.251 e. The number of rotatable bonds is 5. The average Bonchev–Trinajstić information content (AvgIpc) is 3.39. The number of carbonyl (C=O) groups is 1. The van der Waals surface area contributed by atoms with Gasteiger partial charge in [-0.15, -0.1) is 0 Å². The number of pyridine rings is 1. The van der Waals surface area contributed by atoms with Crippen molar-refractivity contribution >= 4 is 49.5 Å². The highest BCUT2D eigenvalue weighted by molar-refractivity contribution is 6.23. The monoisotopic (exact) mass is 466 g/mol. The molecule has 3 N–H and O–H groups in total. The van der Waals surface area contributed by atoms with Crippen molar-refractivity contribution in [3.63, 3.8) is 0 Å². The van der Waals surface area contributed by atoms with Crippen LogP contribution in [0.5, 0.6) is 0 Å². The highest BCUT2D eigenvalue weighted by atomic mass is 19.1. The summed E-state index contributed by atoms with van der Waals surface area (Å²) in [5.74, 6) is 0.301. The van der Waals surface area contributed by atoms with Crippen LogP contribution in [0.25, 0.3) is 43.6 Å². The first kappa shape index (κ1) is 20.9. The second-order valence-electron chi connectivity index (χ2n) is 8.33. The molecule has 6 rings (SSSR count). The smallest absolute Gasteiger partial charge is 0.251 e. The maximum absolute atomic E-state index is 14.0. The number of aromatic nitrogens is 5. The fourth-order valence-corrected chi connectivity index (χ4v) is 4.40. The summed E-state index contributed by atoms with van der Waals surface area (Å²) in [6.07, 6.45) is 6.54. The lowest BCUT2D eigenvalue weighted by molar-refractivity contribution is 0.0953. The molecule has 0 atom stereocenters. The summed E-state index contributed by atoms with van der Waals surface area (Å²) in [6, 6.07) is 11.1. The summed E-state index contributed by atoms with van der Waals surface area (Å²) in [5, 5.41) is 5.54. The average molecular weight is 466 g/mol. The van der Waals surface area contributed by atoms with E-state index in [9.17, 15) is 14.0 Å². The van der Waals surface area contributed by atoms with Crippen LogP contribution < -0.4 is 10.9 Å². The summed E-state index contributed by atoms with van der Waals surface area (Å²) >= 11 is 0. The molecular weight excluding hydrogens is 447 g/mol. The van der Waals surface area contributed by atoms with Crippen LogP contribution in [0.2, 0.25) is 0 Å². The quantitative estimate of drug-likeness (QED) is 0.202. The first-order chi connectivity index (χ1) is 17.1. The summed E-state index contributed by atoms with van der Waals surface area (Å²) in [6.45, 7) is 0.511. The largest absolute Gasteiger partial charge is 0.352 e. The van der Waals surface area contributed by atoms with Crippen molar-refractivity contribution in [2.45, 2.75) is 12.8 Å². The lowest BCUT2D eigenvalue weighted by Gasteiger charge is -2.11. The van der Waals surface area contributed by atoms with Crippen molar-refractivity contribution in [2.24, 2.45) is 0 Å². The van der Waals surface area contributed by atoms with Crippen molar-refractivity contribution in [3.05, 3.63) is 88.6 Å². The van der Waals surface area contributed by atoms with Gasteiger partial charge in [0.25, 0.3) is 5.91 Å². The third-order valence-electron chi connectivity index (χ3n) is 6.06. The Morgan fingerprint density at radius 1 is 0.914 bits per heavy atom. The van der Waals surface area contributed by atoms with E-state index in [1.165, 1.54) is 18.2 Å². The lowest BCUT2D eigenvalue weighted by atomic mass is 10.0. The molecule has 9 heteroatoms. The van der Waals surface area contributed by atoms with E-state index in [1.54, 1.807) is 42.9 Å². The van der Waals surface area contributed by atoms with Crippen molar-refractivity contribution in [1.82, 2.24) is 30.2 Å². The van der Waals surface area contributed by atoms with E-state index in [-0.39, 0.29) is 17.3 Å². The van der Waals surface area contributed by atoms with Crippen molar-refractivity contribution < 1.29 is 9.18 Å². The number of amides is 1. The van der Waals surface area contributed by atoms with Gasteiger partial charge in [0.2, 0.25) is 5.56 Å². The molecule has 0 fully saturated rings. The normalized spacial score (nSPS) is 11.6. The van der Waals surface area contributed by atoms with Gasteiger partial charge in [0.05, 0.1) is 22.1 Å². The van der Waals surface area contributed by atoms with Gasteiger partial charge in [-0.1, -0.05) is 0 Å². The van der Waals surface area contributed by atoms with Gasteiger partial charge in [-0.25, -0.2) is 19.3 Å². The highest BCUT2D eigenvalue weighted by Gasteiger charge is 2.15. The van der Waals surface area contributed by atoms with E-state index >= 15 is 0 Å². The molecule has 0 aliphatic heterocycles. The Morgan fingerprint density at radius 3 is 2.63 bits per heavy atom. The van der Waals surface area contributed by atoms with Crippen LogP contribution in [0.3, 0.4) is 0 Å². The van der Waals surface area contributed by atoms with Crippen LogP contribution in [0.15, 0.2) is 65.8 Å². The minimum atomic E-state index is -0.377. The Hall–Kier alpha value is -4.66. The van der Waals surface area contributed by atoms with E-state index in [4.69, 9.17) is 9.97 Å². The van der Waals surface area contributed by atoms with Gasteiger partial charge in [-0.05, 0) is 48.2 Å². The van der Waals surface area contributed by atoms with E-state index < -0.39 is 0 Å². The molecule has 0 aliphatic rings. The van der Waals surface area contributed by atoms with Crippen LogP contribution in [0.1, 0.15) is 22.6 Å². The first-order valence-corrected chi connectivity index (χ1v) is 11.2. The number of halogens is 1. The number of imidazole rings is 1. The molecular formula is C26H19FN6O2. The zero-order valence-corrected chi connectivity index (χ0v) is 18.4. The van der Waals surface area contributed by atoms with Gasteiger partial charge in [0, 0.05) is 59.3 Å². The summed E-state index contributed by atoms with van der Waals surface area (Å²) < 4.78 is 14.0. The predicted octanol–water partition coefficient (Wildman–Crippen LogP) is 4.00. The van der Waals surface area contributed by atoms with Gasteiger partial charge in [0.1, 0.15) is 11.6 Å². The lowest BCUT2D eigenvalue weighted by Crippen LogP contribution is -2.24. The number of aromatic amines is 2. The van der Waals surface area contributed by atoms with Crippen molar-refractivity contribution in [3.8, 4) is 0 Å². The number of fused-ring (bicyclic) bond motifs is 7. The number of H-pyrrole nitrogens is 2. The Morgan fingerprint density at radius 2 is 1.77 bits per heavy atom. The minimum absolute atomic E-state index is 0.205. The number of nitrogens with one attached hydrogen (secondary N) is 3. The Balaban J connectivity index is 1.41. The number of hydrogen-bond donors (Lipinski definition) is 3. The summed E-state index contributed by atoms with van der Waals surface area (Å²) in [5.41, 5.74) is 2.40. The molecule has 3 aromatic carbocycles. The molecule has 0 saturated carbocycles. The maximum atomic E-state index is 14.0. The second-order valence-corrected chi connectivity index (χ2v) is 8.33. The van der Waals surface area contributed by atoms with Crippen LogP contribution in [-0.4, -0.2) is 37.4 Å². The molecule has 0 unspecified atom stereocenters. The fourth-order valence-electron chi connectivity index (χ4n) is 4.40. The molecule has 0 saturated heterocycles. The number of nitrogens with zero attached hydrogens (tertiary/aromatic N) is 3. The predicted molar refractivity (Wildman–Crippen MR) is 132 cm³/mol. The van der Waals surface area contributed by atoms with E-state index in [0.717, 1.165) is 24.1 Å². The SMILES string of the molecule is O=C(NCCCc1ncc[nH]1)c1ccc2nc3c4ccc(F)cc4c4c[nH]c(=O)cc4c3nc2c1. The molecule has 8 nitrogen and oxygen atoms in total. The summed E-state index contributed by atoms with van der Waals surface area (Å²) in [4.78, 5) is 44.3. The van der Waals surface area contributed by atoms with E-state index in [0.29, 0.717) is 50.3 Å². The molecule has 0 aliphatic carbocycles. The van der Waals surface area contributed by atoms with Crippen molar-refractivity contribution in [1.29, 1.82) is 0 Å². The third-order valence-corrected chi connectivity index (χ3v) is 6.06. The first-order valence-electron chi connectivity index (χ1n) is 11.2. The van der Waals surface area contributed by atoms with Crippen molar-refractivity contribution in [2.75, 3.05) is 6.54 Å². The van der Waals surface area contributed by atoms with Gasteiger partial charge in [-0.3, -0.25) is 9.59 Å². The molecule has 3 aromatic heterocycles. The molecule has 0 spiro atoms. The zero-order chi connectivity index (χ0) is 23.9. The molecule has 0 radical (unpaired) electrons. The van der Waals surface area contributed by atoms with E-state index in [1.807, 2.05) is 0 Å². The van der Waals surface area contributed by atoms with Crippen LogP contribution in [0.4, 0.5) is 4.39 Å². The number of carbonyl (C=O) groups excluding carboxylic acids is 1. The second kappa shape index (κ2) is 8.28. The van der Waals surface area contributed by atoms with Crippen LogP contribution >= 0.6 is 0 Å². The van der Waals surface area contributed by atoms with Gasteiger partial charge >= 0.3 is 0 Å². The third kappa shape index (κ3) is 3.76. The Bertz CT molecular complexity index is 1810. The van der Waals surface area contributed by atoms with Gasteiger partial charge < -0.3 is 15.3 Å². The number of benzene rings is 3. The molecule has 0 bridgehead atoms. The Labute approximate surface area is 197 Å². The molecule has 172 valence electrons. The molecule has 3 heterocycles. The summed E-state index contributed by atoms with van der Waals surface area (Å²) in [7, 11) is 0. The topological polar surface area (TPSA) is 116 Å². The zero-order valence-electron chi connectivity index (χ0n) is 18.4. The van der Waals surface area contributed by atoms with Crippen LogP contribution in [0, 0.1) is 5.82 Å². The number of hydrogen-bond acceptors (Lipinski definition) is 5. The minimum Gasteiger partial charge on any atom is -0.352 e. The number of aryl methyl sites for hydroxylation is 1.